The summed E-state index contributed by atoms with van der Waals surface area (Å²) in [4.78, 5) is 2.53. The molecule has 0 amide bonds. The summed E-state index contributed by atoms with van der Waals surface area (Å²) in [7, 11) is 0. The third-order valence-corrected chi connectivity index (χ3v) is 15.7. The Kier molecular flexibility index (Phi) is 7.51. The summed E-state index contributed by atoms with van der Waals surface area (Å²) in [5.41, 5.74) is 23.1. The molecule has 4 aliphatic carbocycles. The van der Waals surface area contributed by atoms with Crippen LogP contribution < -0.4 is 4.90 Å². The summed E-state index contributed by atoms with van der Waals surface area (Å²) in [6.45, 7) is 4.77. The van der Waals surface area contributed by atoms with Gasteiger partial charge >= 0.3 is 0 Å². The van der Waals surface area contributed by atoms with E-state index in [9.17, 15) is 0 Å². The van der Waals surface area contributed by atoms with Gasteiger partial charge in [-0.3, -0.25) is 0 Å². The first kappa shape index (κ1) is 35.8. The Bertz CT molecular complexity index is 3290. The van der Waals surface area contributed by atoms with Crippen LogP contribution in [0.25, 0.3) is 55.3 Å². The predicted molar refractivity (Wildman–Crippen MR) is 259 cm³/mol. The number of rotatable bonds is 4. The first-order valence-electron chi connectivity index (χ1n) is 22.5. The van der Waals surface area contributed by atoms with Crippen LogP contribution in [0, 0.1) is 0 Å². The molecule has 0 unspecified atom stereocenters. The van der Waals surface area contributed by atoms with Gasteiger partial charge in [0.1, 0.15) is 0 Å². The van der Waals surface area contributed by atoms with Crippen molar-refractivity contribution in [3.63, 3.8) is 0 Å². The van der Waals surface area contributed by atoms with E-state index in [1.807, 2.05) is 0 Å². The SMILES string of the molecule is CC1(C)c2ccccc2-c2ccc(N(c3ccc4c(c3)C3(CCC5(CC3)c3ccccc3-c3ccc(-c6ccccc6)cc35)c3ccccc3-4)c3ccc4ccccc4c3)cc21. The van der Waals surface area contributed by atoms with Crippen molar-refractivity contribution in [2.75, 3.05) is 4.90 Å². The van der Waals surface area contributed by atoms with Crippen molar-refractivity contribution in [2.45, 2.75) is 55.8 Å². The van der Waals surface area contributed by atoms with Crippen molar-refractivity contribution >= 4 is 27.8 Å². The molecular weight excluding hydrogens is 747 g/mol. The smallest absolute Gasteiger partial charge is 0.0468 e. The zero-order valence-electron chi connectivity index (χ0n) is 35.3. The van der Waals surface area contributed by atoms with Gasteiger partial charge in [0.15, 0.2) is 0 Å². The molecule has 0 bridgehead atoms. The quantitative estimate of drug-likeness (QED) is 0.172. The maximum atomic E-state index is 2.58. The van der Waals surface area contributed by atoms with E-state index in [0.717, 1.165) is 25.7 Å². The van der Waals surface area contributed by atoms with E-state index in [-0.39, 0.29) is 16.2 Å². The lowest BCUT2D eigenvalue weighted by atomic mass is 9.57. The Hall–Kier alpha value is -6.96. The summed E-state index contributed by atoms with van der Waals surface area (Å²) in [5.74, 6) is 0. The second-order valence-corrected chi connectivity index (χ2v) is 18.9. The minimum Gasteiger partial charge on any atom is -0.310 e. The van der Waals surface area contributed by atoms with Crippen molar-refractivity contribution in [2.24, 2.45) is 0 Å². The van der Waals surface area contributed by atoms with Crippen molar-refractivity contribution in [1.82, 2.24) is 0 Å². The summed E-state index contributed by atoms with van der Waals surface area (Å²) >= 11 is 0. The number of anilines is 3. The Labute approximate surface area is 365 Å². The third kappa shape index (κ3) is 4.91. The highest BCUT2D eigenvalue weighted by molar-refractivity contribution is 5.93. The molecule has 0 saturated heterocycles. The van der Waals surface area contributed by atoms with Gasteiger partial charge in [0.2, 0.25) is 0 Å². The summed E-state index contributed by atoms with van der Waals surface area (Å²) < 4.78 is 0. The highest BCUT2D eigenvalue weighted by Gasteiger charge is 2.53. The van der Waals surface area contributed by atoms with Gasteiger partial charge in [-0.05, 0) is 157 Å². The largest absolute Gasteiger partial charge is 0.310 e. The first-order valence-corrected chi connectivity index (χ1v) is 22.5. The van der Waals surface area contributed by atoms with E-state index in [1.165, 1.54) is 106 Å². The van der Waals surface area contributed by atoms with E-state index >= 15 is 0 Å². The van der Waals surface area contributed by atoms with Gasteiger partial charge in [-0.1, -0.05) is 172 Å². The zero-order valence-corrected chi connectivity index (χ0v) is 35.3. The van der Waals surface area contributed by atoms with E-state index in [0.29, 0.717) is 0 Å². The number of hydrogen-bond acceptors (Lipinski definition) is 1. The van der Waals surface area contributed by atoms with Gasteiger partial charge in [0, 0.05) is 33.3 Å². The van der Waals surface area contributed by atoms with Crippen molar-refractivity contribution < 1.29 is 0 Å². The first-order chi connectivity index (χ1) is 30.4. The van der Waals surface area contributed by atoms with E-state index < -0.39 is 0 Å². The van der Waals surface area contributed by atoms with E-state index in [4.69, 9.17) is 0 Å². The lowest BCUT2D eigenvalue weighted by molar-refractivity contribution is 0.265. The molecule has 0 N–H and O–H groups in total. The van der Waals surface area contributed by atoms with E-state index in [1.54, 1.807) is 0 Å². The molecule has 1 heteroatoms. The molecule has 62 heavy (non-hydrogen) atoms. The Balaban J connectivity index is 0.960. The molecule has 4 aliphatic rings. The van der Waals surface area contributed by atoms with Crippen LogP contribution in [0.1, 0.15) is 72.9 Å². The van der Waals surface area contributed by atoms with Gasteiger partial charge in [-0.2, -0.15) is 0 Å². The molecule has 0 atom stereocenters. The fraction of sp³-hybridized carbons (Fsp3) is 0.148. The highest BCUT2D eigenvalue weighted by atomic mass is 15.1. The van der Waals surface area contributed by atoms with Crippen molar-refractivity contribution in [3.05, 3.63) is 234 Å². The summed E-state index contributed by atoms with van der Waals surface area (Å²) in [5, 5.41) is 2.51. The lowest BCUT2D eigenvalue weighted by Gasteiger charge is -2.46. The van der Waals surface area contributed by atoms with Crippen LogP contribution in [0.5, 0.6) is 0 Å². The molecule has 1 nitrogen and oxygen atoms in total. The maximum Gasteiger partial charge on any atom is 0.0468 e. The van der Waals surface area contributed by atoms with Gasteiger partial charge in [0.25, 0.3) is 0 Å². The average molecular weight is 794 g/mol. The Morgan fingerprint density at radius 1 is 0.306 bits per heavy atom. The third-order valence-electron chi connectivity index (χ3n) is 15.7. The minimum absolute atomic E-state index is 0.0246. The zero-order chi connectivity index (χ0) is 41.2. The van der Waals surface area contributed by atoms with Crippen LogP contribution in [0.2, 0.25) is 0 Å². The van der Waals surface area contributed by atoms with Crippen LogP contribution in [-0.2, 0) is 16.2 Å². The number of hydrogen-bond donors (Lipinski definition) is 0. The van der Waals surface area contributed by atoms with Gasteiger partial charge < -0.3 is 4.90 Å². The standard InChI is InChI=1S/C61H47N/c1-59(2)53-21-11-8-18-47(53)50-30-27-45(38-56(50)59)62(44-26-24-41-16-6-7-17-42(41)36-44)46-28-31-52-49-20-10-13-23-55(49)61(58(52)39-46)34-32-60(33-35-61)54-22-12-9-19-48(54)51-29-25-43(37-57(51)60)40-14-4-3-5-15-40/h3-31,36-39H,32-35H2,1-2H3. The number of benzene rings is 9. The van der Waals surface area contributed by atoms with Crippen LogP contribution in [-0.4, -0.2) is 0 Å². The minimum atomic E-state index is -0.0992. The Morgan fingerprint density at radius 2 is 0.742 bits per heavy atom. The molecule has 0 aliphatic heterocycles. The summed E-state index contributed by atoms with van der Waals surface area (Å²) in [6.07, 6.45) is 4.38. The van der Waals surface area contributed by atoms with Gasteiger partial charge in [-0.25, -0.2) is 0 Å². The topological polar surface area (TPSA) is 3.24 Å². The lowest BCUT2D eigenvalue weighted by Crippen LogP contribution is -2.39. The van der Waals surface area contributed by atoms with Crippen LogP contribution in [0.15, 0.2) is 200 Å². The van der Waals surface area contributed by atoms with Gasteiger partial charge in [0.05, 0.1) is 0 Å². The normalized spacial score (nSPS) is 19.5. The van der Waals surface area contributed by atoms with Crippen molar-refractivity contribution in [3.8, 4) is 44.5 Å². The molecule has 1 fully saturated rings. The molecule has 13 rings (SSSR count). The predicted octanol–water partition coefficient (Wildman–Crippen LogP) is 16.1. The molecule has 0 radical (unpaired) electrons. The Morgan fingerprint density at radius 3 is 1.39 bits per heavy atom. The van der Waals surface area contributed by atoms with Crippen molar-refractivity contribution in [1.29, 1.82) is 0 Å². The van der Waals surface area contributed by atoms with Crippen LogP contribution >= 0.6 is 0 Å². The second kappa shape index (κ2) is 13.0. The number of fused-ring (bicyclic) bond motifs is 14. The highest BCUT2D eigenvalue weighted by Crippen LogP contribution is 2.64. The van der Waals surface area contributed by atoms with Crippen LogP contribution in [0.3, 0.4) is 0 Å². The maximum absolute atomic E-state index is 2.58. The molecule has 1 saturated carbocycles. The molecule has 9 aromatic carbocycles. The van der Waals surface area contributed by atoms with E-state index in [2.05, 4.69) is 219 Å². The van der Waals surface area contributed by atoms with Crippen LogP contribution in [0.4, 0.5) is 17.1 Å². The molecule has 2 spiro atoms. The monoisotopic (exact) mass is 793 g/mol. The van der Waals surface area contributed by atoms with Gasteiger partial charge in [-0.15, -0.1) is 0 Å². The molecule has 0 heterocycles. The summed E-state index contributed by atoms with van der Waals surface area (Å²) in [6, 6.07) is 76.1. The second-order valence-electron chi connectivity index (χ2n) is 18.9. The fourth-order valence-electron chi connectivity index (χ4n) is 12.6. The molecular formula is C61H47N. The molecule has 296 valence electrons. The molecule has 0 aromatic heterocycles. The fourth-order valence-corrected chi connectivity index (χ4v) is 12.6. The average Bonchev–Trinajstić information content (AvgIpc) is 3.85. The number of nitrogens with zero attached hydrogens (tertiary/aromatic N) is 1. The molecule has 9 aromatic rings.